The normalized spacial score (nSPS) is 13.3. The van der Waals surface area contributed by atoms with Crippen molar-refractivity contribution < 1.29 is 17.9 Å². The second kappa shape index (κ2) is 6.40. The molecule has 2 N–H and O–H groups in total. The highest BCUT2D eigenvalue weighted by atomic mass is 32.2. The number of hydrogen-bond donors (Lipinski definition) is 2. The van der Waals surface area contributed by atoms with Gasteiger partial charge < -0.3 is 14.5 Å². The zero-order chi connectivity index (χ0) is 19.2. The lowest BCUT2D eigenvalue weighted by molar-refractivity contribution is 0.174. The molecule has 8 heteroatoms. The van der Waals surface area contributed by atoms with E-state index in [4.69, 9.17) is 9.47 Å². The monoisotopic (exact) mass is 386 g/mol. The maximum absolute atomic E-state index is 12.6. The van der Waals surface area contributed by atoms with E-state index in [-0.39, 0.29) is 23.8 Å². The number of rotatable bonds is 4. The summed E-state index contributed by atoms with van der Waals surface area (Å²) in [6.07, 6.45) is 0. The summed E-state index contributed by atoms with van der Waals surface area (Å²) in [5.41, 5.74) is 2.83. The predicted octanol–water partition coefficient (Wildman–Crippen LogP) is 2.35. The van der Waals surface area contributed by atoms with Gasteiger partial charge in [0, 0.05) is 29.1 Å². The minimum absolute atomic E-state index is 0.0516. The molecular formula is C19H18N2O5S. The van der Waals surface area contributed by atoms with Gasteiger partial charge in [0.05, 0.1) is 4.90 Å². The number of nitrogens with one attached hydrogen (secondary N) is 2. The molecule has 0 amide bonds. The van der Waals surface area contributed by atoms with Gasteiger partial charge in [0.2, 0.25) is 16.8 Å². The quantitative estimate of drug-likeness (QED) is 0.717. The van der Waals surface area contributed by atoms with Crippen LogP contribution >= 0.6 is 0 Å². The molecule has 0 radical (unpaired) electrons. The molecule has 3 aromatic rings. The van der Waals surface area contributed by atoms with Crippen molar-refractivity contribution in [2.75, 3.05) is 6.79 Å². The van der Waals surface area contributed by atoms with Crippen molar-refractivity contribution in [2.45, 2.75) is 25.3 Å². The summed E-state index contributed by atoms with van der Waals surface area (Å²) in [5, 5.41) is 0.887. The largest absolute Gasteiger partial charge is 0.454 e. The Morgan fingerprint density at radius 3 is 2.67 bits per heavy atom. The minimum Gasteiger partial charge on any atom is -0.454 e. The third-order valence-electron chi connectivity index (χ3n) is 4.50. The van der Waals surface area contributed by atoms with Crippen LogP contribution in [0.3, 0.4) is 0 Å². The van der Waals surface area contributed by atoms with E-state index in [9.17, 15) is 13.2 Å². The van der Waals surface area contributed by atoms with E-state index < -0.39 is 10.0 Å². The van der Waals surface area contributed by atoms with Crippen molar-refractivity contribution in [3.63, 3.8) is 0 Å². The molecule has 0 fully saturated rings. The number of aromatic nitrogens is 1. The second-order valence-electron chi connectivity index (χ2n) is 6.51. The van der Waals surface area contributed by atoms with Crippen LogP contribution in [-0.4, -0.2) is 20.2 Å². The summed E-state index contributed by atoms with van der Waals surface area (Å²) in [5.74, 6) is 0.887. The van der Waals surface area contributed by atoms with Gasteiger partial charge in [0.25, 0.3) is 5.56 Å². The number of ether oxygens (including phenoxy) is 2. The molecule has 1 aliphatic heterocycles. The number of benzene rings is 2. The fourth-order valence-electron chi connectivity index (χ4n) is 3.15. The van der Waals surface area contributed by atoms with Crippen LogP contribution in [-0.2, 0) is 16.6 Å². The van der Waals surface area contributed by atoms with Crippen LogP contribution in [0.25, 0.3) is 10.9 Å². The molecule has 2 aromatic carbocycles. The Bertz CT molecular complexity index is 1210. The summed E-state index contributed by atoms with van der Waals surface area (Å²) < 4.78 is 38.0. The van der Waals surface area contributed by atoms with Gasteiger partial charge in [-0.1, -0.05) is 6.07 Å². The molecule has 0 spiro atoms. The van der Waals surface area contributed by atoms with Crippen molar-refractivity contribution in [1.82, 2.24) is 9.71 Å². The number of hydrogen-bond acceptors (Lipinski definition) is 5. The zero-order valence-electron chi connectivity index (χ0n) is 14.8. The van der Waals surface area contributed by atoms with Crippen molar-refractivity contribution in [3.05, 3.63) is 63.4 Å². The number of pyridine rings is 1. The number of fused-ring (bicyclic) bond motifs is 2. The zero-order valence-corrected chi connectivity index (χ0v) is 15.6. The highest BCUT2D eigenvalue weighted by Crippen LogP contribution is 2.33. The first-order chi connectivity index (χ1) is 12.8. The fraction of sp³-hybridized carbons (Fsp3) is 0.211. The lowest BCUT2D eigenvalue weighted by atomic mass is 10.0. The van der Waals surface area contributed by atoms with Crippen LogP contribution in [0.4, 0.5) is 0 Å². The van der Waals surface area contributed by atoms with E-state index in [2.05, 4.69) is 9.71 Å². The summed E-state index contributed by atoms with van der Waals surface area (Å²) in [6.45, 7) is 3.86. The summed E-state index contributed by atoms with van der Waals surface area (Å²) in [7, 11) is -3.81. The molecule has 27 heavy (non-hydrogen) atoms. The maximum Gasteiger partial charge on any atom is 0.252 e. The van der Waals surface area contributed by atoms with E-state index >= 15 is 0 Å². The predicted molar refractivity (Wildman–Crippen MR) is 101 cm³/mol. The van der Waals surface area contributed by atoms with Gasteiger partial charge in [0.1, 0.15) is 0 Å². The van der Waals surface area contributed by atoms with Gasteiger partial charge in [-0.05, 0) is 49.2 Å². The van der Waals surface area contributed by atoms with Crippen LogP contribution in [0, 0.1) is 13.8 Å². The van der Waals surface area contributed by atoms with Crippen LogP contribution in [0.15, 0.2) is 46.1 Å². The minimum atomic E-state index is -3.81. The average molecular weight is 386 g/mol. The van der Waals surface area contributed by atoms with E-state index in [0.717, 1.165) is 22.0 Å². The fourth-order valence-corrected chi connectivity index (χ4v) is 4.17. The van der Waals surface area contributed by atoms with Crippen LogP contribution in [0.2, 0.25) is 0 Å². The molecule has 1 aromatic heterocycles. The van der Waals surface area contributed by atoms with Gasteiger partial charge in [-0.25, -0.2) is 13.1 Å². The van der Waals surface area contributed by atoms with Gasteiger partial charge in [0.15, 0.2) is 11.5 Å². The molecule has 0 aliphatic carbocycles. The number of aryl methyl sites for hydroxylation is 2. The Hall–Kier alpha value is -2.84. The topological polar surface area (TPSA) is 97.5 Å². The summed E-state index contributed by atoms with van der Waals surface area (Å²) in [4.78, 5) is 15.2. The highest BCUT2D eigenvalue weighted by Gasteiger charge is 2.20. The molecule has 2 heterocycles. The lowest BCUT2D eigenvalue weighted by Crippen LogP contribution is -2.27. The van der Waals surface area contributed by atoms with E-state index in [1.165, 1.54) is 12.1 Å². The van der Waals surface area contributed by atoms with Gasteiger partial charge in [-0.2, -0.15) is 0 Å². The molecular weight excluding hydrogens is 368 g/mol. The van der Waals surface area contributed by atoms with Gasteiger partial charge in [-0.15, -0.1) is 0 Å². The first-order valence-electron chi connectivity index (χ1n) is 8.36. The molecule has 0 unspecified atom stereocenters. The van der Waals surface area contributed by atoms with Crippen molar-refractivity contribution in [2.24, 2.45) is 0 Å². The average Bonchev–Trinajstić information content (AvgIpc) is 3.07. The van der Waals surface area contributed by atoms with Crippen molar-refractivity contribution in [1.29, 1.82) is 0 Å². The van der Waals surface area contributed by atoms with E-state index in [1.807, 2.05) is 26.0 Å². The maximum atomic E-state index is 12.6. The molecule has 7 nitrogen and oxygen atoms in total. The number of H-pyrrole nitrogens is 1. The summed E-state index contributed by atoms with van der Waals surface area (Å²) >= 11 is 0. The SMILES string of the molecule is Cc1cc(C)c2cc(CNS(=O)(=O)c3ccc4c(c3)OCO4)c(=O)[nH]c2c1. The van der Waals surface area contributed by atoms with Gasteiger partial charge in [-0.3, -0.25) is 4.79 Å². The number of aromatic amines is 1. The van der Waals surface area contributed by atoms with Gasteiger partial charge >= 0.3 is 0 Å². The van der Waals surface area contributed by atoms with Crippen LogP contribution < -0.4 is 19.8 Å². The number of sulfonamides is 1. The molecule has 4 rings (SSSR count). The second-order valence-corrected chi connectivity index (χ2v) is 8.27. The van der Waals surface area contributed by atoms with E-state index in [0.29, 0.717) is 17.1 Å². The Morgan fingerprint density at radius 2 is 1.85 bits per heavy atom. The molecule has 0 atom stereocenters. The summed E-state index contributed by atoms with van der Waals surface area (Å²) in [6, 6.07) is 10.0. The lowest BCUT2D eigenvalue weighted by Gasteiger charge is -2.09. The van der Waals surface area contributed by atoms with E-state index in [1.54, 1.807) is 12.1 Å². The third kappa shape index (κ3) is 3.29. The Kier molecular flexibility index (Phi) is 4.16. The third-order valence-corrected chi connectivity index (χ3v) is 5.90. The first kappa shape index (κ1) is 17.6. The Labute approximate surface area is 156 Å². The smallest absolute Gasteiger partial charge is 0.252 e. The molecule has 1 aliphatic rings. The molecule has 0 saturated carbocycles. The van der Waals surface area contributed by atoms with Crippen molar-refractivity contribution in [3.8, 4) is 11.5 Å². The first-order valence-corrected chi connectivity index (χ1v) is 9.84. The van der Waals surface area contributed by atoms with Crippen LogP contribution in [0.1, 0.15) is 16.7 Å². The Morgan fingerprint density at radius 1 is 1.07 bits per heavy atom. The van der Waals surface area contributed by atoms with Crippen LogP contribution in [0.5, 0.6) is 11.5 Å². The molecule has 140 valence electrons. The molecule has 0 bridgehead atoms. The van der Waals surface area contributed by atoms with Crippen molar-refractivity contribution >= 4 is 20.9 Å². The Balaban J connectivity index is 1.63. The standard InChI is InChI=1S/C19H18N2O5S/c1-11-5-12(2)15-7-13(19(22)21-16(15)6-11)9-20-27(23,24)14-3-4-17-18(8-14)26-10-25-17/h3-8,20H,9-10H2,1-2H3,(H,21,22). The molecule has 0 saturated heterocycles. The highest BCUT2D eigenvalue weighted by molar-refractivity contribution is 7.89.